The minimum atomic E-state index is -1.15. The lowest BCUT2D eigenvalue weighted by atomic mass is 9.85. The maximum atomic E-state index is 14.0. The Morgan fingerprint density at radius 2 is 1.70 bits per heavy atom. The molecule has 2 aliphatic heterocycles. The number of aromatic amines is 3. The summed E-state index contributed by atoms with van der Waals surface area (Å²) in [5, 5.41) is 15.1. The molecule has 3 aliphatic rings. The highest BCUT2D eigenvalue weighted by Crippen LogP contribution is 2.48. The quantitative estimate of drug-likeness (QED) is 0.214. The molecule has 0 unspecified atom stereocenters. The van der Waals surface area contributed by atoms with Crippen molar-refractivity contribution in [3.63, 3.8) is 0 Å². The second kappa shape index (κ2) is 10.7. The molecule has 1 fully saturated rings. The number of carboxylic acids is 1. The Hall–Kier alpha value is -4.79. The number of esters is 1. The largest absolute Gasteiger partial charge is 0.481 e. The fourth-order valence-corrected chi connectivity index (χ4v) is 7.28. The van der Waals surface area contributed by atoms with Crippen LogP contribution in [-0.2, 0) is 20.7 Å². The number of Topliss-reactive ketones (excluding diaryl/α,β-unsaturated/α-hetero) is 1. The summed E-state index contributed by atoms with van der Waals surface area (Å²) < 4.78 is 5.15. The van der Waals surface area contributed by atoms with E-state index in [0.29, 0.717) is 28.9 Å². The first-order valence-electron chi connectivity index (χ1n) is 15.1. The third-order valence-electron chi connectivity index (χ3n) is 9.75. The molecule has 0 radical (unpaired) electrons. The number of carbonyl (C=O) groups excluding carboxylic acids is 2. The lowest BCUT2D eigenvalue weighted by Gasteiger charge is -2.19. The molecule has 8 bridgehead atoms. The van der Waals surface area contributed by atoms with E-state index in [1.807, 2.05) is 39.0 Å². The zero-order valence-corrected chi connectivity index (χ0v) is 26.0. The Morgan fingerprint density at radius 1 is 1.00 bits per heavy atom. The Kier molecular flexibility index (Phi) is 7.14. The number of methoxy groups -OCH3 is 1. The fourth-order valence-electron chi connectivity index (χ4n) is 7.28. The van der Waals surface area contributed by atoms with Crippen LogP contribution in [0.25, 0.3) is 29.9 Å². The number of allylic oxidation sites excluding steroid dienone is 2. The molecule has 0 saturated carbocycles. The van der Waals surface area contributed by atoms with Crippen molar-refractivity contribution in [3.8, 4) is 0 Å². The van der Waals surface area contributed by atoms with Crippen LogP contribution >= 0.6 is 0 Å². The van der Waals surface area contributed by atoms with E-state index in [9.17, 15) is 19.5 Å². The summed E-state index contributed by atoms with van der Waals surface area (Å²) in [6.07, 6.45) is 9.13. The Balaban J connectivity index is 1.73. The lowest BCUT2D eigenvalue weighted by molar-refractivity contribution is -0.142. The first kappa shape index (κ1) is 29.3. The van der Waals surface area contributed by atoms with Crippen molar-refractivity contribution in [2.24, 2.45) is 17.8 Å². The van der Waals surface area contributed by atoms with Crippen molar-refractivity contribution in [1.29, 1.82) is 0 Å². The van der Waals surface area contributed by atoms with Gasteiger partial charge in [-0.15, -0.1) is 0 Å². The minimum Gasteiger partial charge on any atom is -0.481 e. The van der Waals surface area contributed by atoms with Gasteiger partial charge in [-0.2, -0.15) is 0 Å². The molecule has 3 aromatic rings. The highest BCUT2D eigenvalue weighted by molar-refractivity contribution is 6.24. The minimum absolute atomic E-state index is 0.0530. The number of carbonyl (C=O) groups is 3. The molecule has 0 aromatic carbocycles. The number of nitrogens with one attached hydrogen (secondary N) is 4. The van der Waals surface area contributed by atoms with E-state index >= 15 is 0 Å². The normalized spacial score (nSPS) is 20.2. The summed E-state index contributed by atoms with van der Waals surface area (Å²) in [4.78, 5) is 49.7. The van der Waals surface area contributed by atoms with Gasteiger partial charge in [-0.3, -0.25) is 14.4 Å². The highest BCUT2D eigenvalue weighted by atomic mass is 16.5. The molecule has 3 aromatic heterocycles. The van der Waals surface area contributed by atoms with Gasteiger partial charge in [0.2, 0.25) is 0 Å². The number of hydrogen-bond acceptors (Lipinski definition) is 5. The van der Waals surface area contributed by atoms with Gasteiger partial charge >= 0.3 is 11.9 Å². The summed E-state index contributed by atoms with van der Waals surface area (Å²) in [6, 6.07) is 0. The van der Waals surface area contributed by atoms with Crippen molar-refractivity contribution in [3.05, 3.63) is 84.8 Å². The molecule has 3 atom stereocenters. The number of hydrogen-bond donors (Lipinski definition) is 5. The van der Waals surface area contributed by atoms with Crippen LogP contribution in [0.2, 0.25) is 0 Å². The molecule has 228 valence electrons. The van der Waals surface area contributed by atoms with Crippen LogP contribution in [0.1, 0.15) is 87.6 Å². The molecule has 0 spiro atoms. The number of H-pyrrole nitrogens is 3. The standard InChI is InChI=1S/C35H38N4O5/c1-8-19-15(3)22-12-24-17(5)21(10-11-28(40)41)32(38-24)30-31(35(43)44-7)34(42)29-18(6)25(39-33(29)30)14-27-20(9-2)16(4)23(37-27)13-26(19)36-22/h8,12-14,17,21,31,36-39H,1,9-11H2,2-7H3,(H,40,41)/t17-,21+,31-/m1/s1. The lowest BCUT2D eigenvalue weighted by Crippen LogP contribution is -2.25. The predicted octanol–water partition coefficient (Wildman–Crippen LogP) is 4.23. The van der Waals surface area contributed by atoms with Crippen LogP contribution in [0.4, 0.5) is 0 Å². The number of ether oxygens (including phenoxy) is 1. The van der Waals surface area contributed by atoms with Crippen LogP contribution < -0.4 is 16.0 Å². The summed E-state index contributed by atoms with van der Waals surface area (Å²) in [6.45, 7) is 14.3. The second-order valence-electron chi connectivity index (χ2n) is 12.0. The second-order valence-corrected chi connectivity index (χ2v) is 12.0. The molecule has 1 saturated heterocycles. The predicted molar refractivity (Wildman–Crippen MR) is 170 cm³/mol. The van der Waals surface area contributed by atoms with E-state index in [1.165, 1.54) is 12.7 Å². The smallest absolute Gasteiger partial charge is 0.321 e. The molecule has 5 heterocycles. The zero-order chi connectivity index (χ0) is 31.6. The summed E-state index contributed by atoms with van der Waals surface area (Å²) in [7, 11) is 1.28. The number of rotatable bonds is 6. The topological polar surface area (TPSA) is 140 Å². The van der Waals surface area contributed by atoms with Crippen molar-refractivity contribution < 1.29 is 24.2 Å². The maximum Gasteiger partial charge on any atom is 0.321 e. The molecule has 9 nitrogen and oxygen atoms in total. The van der Waals surface area contributed by atoms with Crippen LogP contribution in [0, 0.1) is 38.5 Å². The van der Waals surface area contributed by atoms with Gasteiger partial charge in [-0.05, 0) is 74.1 Å². The van der Waals surface area contributed by atoms with E-state index in [-0.39, 0.29) is 24.0 Å². The molecule has 5 N–H and O–H groups in total. The Morgan fingerprint density at radius 3 is 2.36 bits per heavy atom. The zero-order valence-electron chi connectivity index (χ0n) is 26.0. The number of aliphatic carboxylic acids is 1. The van der Waals surface area contributed by atoms with Crippen LogP contribution in [0.3, 0.4) is 0 Å². The van der Waals surface area contributed by atoms with Crippen LogP contribution in [0.15, 0.2) is 18.0 Å². The van der Waals surface area contributed by atoms with Crippen molar-refractivity contribution in [1.82, 2.24) is 20.3 Å². The van der Waals surface area contributed by atoms with Crippen molar-refractivity contribution in [2.75, 3.05) is 7.11 Å². The van der Waals surface area contributed by atoms with E-state index < -0.39 is 17.9 Å². The van der Waals surface area contributed by atoms with Gasteiger partial charge in [0.05, 0.1) is 12.8 Å². The molecular weight excluding hydrogens is 556 g/mol. The van der Waals surface area contributed by atoms with E-state index in [2.05, 4.69) is 46.8 Å². The van der Waals surface area contributed by atoms with Crippen molar-refractivity contribution >= 4 is 47.6 Å². The Labute approximate surface area is 255 Å². The average Bonchev–Trinajstić information content (AvgIpc) is 3.72. The van der Waals surface area contributed by atoms with Gasteiger partial charge in [0.15, 0.2) is 5.78 Å². The molecular formula is C35H38N4O5. The van der Waals surface area contributed by atoms with E-state index in [4.69, 9.17) is 4.74 Å². The summed E-state index contributed by atoms with van der Waals surface area (Å²) >= 11 is 0. The SMILES string of the molecule is C=Cc1c2[nH]c(c1C)C=C1NC(=C3c4[nH]c(c(C)c4C(=O)[C@@H]3C(=O)OC)C=c3[nH]c(c(C)c3CC)=C2)[C@@H](CCC(=O)O)[C@H]1C. The van der Waals surface area contributed by atoms with Crippen LogP contribution in [0.5, 0.6) is 0 Å². The molecule has 1 aliphatic carbocycles. The number of fused-ring (bicyclic) bond motifs is 7. The molecule has 44 heavy (non-hydrogen) atoms. The van der Waals surface area contributed by atoms with E-state index in [1.54, 1.807) is 0 Å². The Bertz CT molecular complexity index is 1960. The molecule has 6 rings (SSSR count). The van der Waals surface area contributed by atoms with Gasteiger partial charge in [0, 0.05) is 74.1 Å². The molecule has 0 amide bonds. The molecule has 9 heteroatoms. The van der Waals surface area contributed by atoms with Crippen LogP contribution in [-0.4, -0.2) is 44.9 Å². The third kappa shape index (κ3) is 4.32. The van der Waals surface area contributed by atoms with Gasteiger partial charge in [0.1, 0.15) is 5.92 Å². The highest BCUT2D eigenvalue weighted by Gasteiger charge is 2.48. The van der Waals surface area contributed by atoms with Gasteiger partial charge in [-0.1, -0.05) is 26.5 Å². The average molecular weight is 595 g/mol. The number of aromatic nitrogens is 3. The van der Waals surface area contributed by atoms with Gasteiger partial charge in [0.25, 0.3) is 0 Å². The van der Waals surface area contributed by atoms with Crippen molar-refractivity contribution in [2.45, 2.75) is 53.9 Å². The number of ketones is 1. The monoisotopic (exact) mass is 594 g/mol. The first-order chi connectivity index (χ1) is 21.0. The maximum absolute atomic E-state index is 14.0. The summed E-state index contributed by atoms with van der Waals surface area (Å²) in [5.74, 6) is -3.40. The van der Waals surface area contributed by atoms with Gasteiger partial charge in [-0.25, -0.2) is 0 Å². The number of carboxylic acid groups (broad SMARTS) is 1. The van der Waals surface area contributed by atoms with Gasteiger partial charge < -0.3 is 30.1 Å². The van der Waals surface area contributed by atoms with E-state index in [0.717, 1.165) is 62.2 Å². The fraction of sp³-hybridized carbons (Fsp3) is 0.343. The first-order valence-corrected chi connectivity index (χ1v) is 15.1. The summed E-state index contributed by atoms with van der Waals surface area (Å²) in [5.41, 5.74) is 10.8. The third-order valence-corrected chi connectivity index (χ3v) is 9.75.